The number of hydrogen-bond donors (Lipinski definition) is 1. The van der Waals surface area contributed by atoms with E-state index in [0.717, 1.165) is 28.0 Å². The molecule has 164 valence electrons. The molecule has 2 N–H and O–H groups in total. The molecular weight excluding hydrogens is 413 g/mol. The van der Waals surface area contributed by atoms with Gasteiger partial charge in [-0.3, -0.25) is 4.79 Å². The van der Waals surface area contributed by atoms with Crippen LogP contribution in [0.2, 0.25) is 0 Å². The Morgan fingerprint density at radius 1 is 1.26 bits per heavy atom. The standard InChI is InChI=1S/C23H28FN5OS/c1-15-21(16-7-6-8-18(13-16)28(4)31-5)22-20(29(15)14-17(24)11-12-25)10-9-19(26-22)23(30)27(2)3/h6-11,13H,12,14,25H2,1-5H3/b17-11-. The number of allylic oxidation sites excluding steroid dienone is 1. The monoisotopic (exact) mass is 441 g/mol. The predicted octanol–water partition coefficient (Wildman–Crippen LogP) is 4.24. The second-order valence-electron chi connectivity index (χ2n) is 7.43. The molecule has 0 aliphatic heterocycles. The van der Waals surface area contributed by atoms with Crippen molar-refractivity contribution in [2.45, 2.75) is 13.5 Å². The van der Waals surface area contributed by atoms with Gasteiger partial charge in [-0.1, -0.05) is 24.1 Å². The molecule has 0 aliphatic carbocycles. The van der Waals surface area contributed by atoms with Gasteiger partial charge in [0, 0.05) is 50.9 Å². The van der Waals surface area contributed by atoms with E-state index in [-0.39, 0.29) is 24.8 Å². The number of aromatic nitrogens is 2. The molecule has 0 aliphatic rings. The third-order valence-corrected chi connectivity index (χ3v) is 5.97. The highest BCUT2D eigenvalue weighted by Gasteiger charge is 2.21. The highest BCUT2D eigenvalue weighted by atomic mass is 32.2. The number of halogens is 1. The van der Waals surface area contributed by atoms with E-state index in [2.05, 4.69) is 10.4 Å². The van der Waals surface area contributed by atoms with Crippen molar-refractivity contribution in [2.75, 3.05) is 38.2 Å². The topological polar surface area (TPSA) is 67.4 Å². The van der Waals surface area contributed by atoms with Crippen LogP contribution in [0.1, 0.15) is 16.2 Å². The van der Waals surface area contributed by atoms with E-state index in [4.69, 9.17) is 10.7 Å². The predicted molar refractivity (Wildman–Crippen MR) is 128 cm³/mol. The Labute approximate surface area is 186 Å². The number of rotatable bonds is 7. The van der Waals surface area contributed by atoms with Crippen molar-refractivity contribution in [1.29, 1.82) is 0 Å². The molecule has 1 amide bonds. The van der Waals surface area contributed by atoms with E-state index in [1.165, 1.54) is 11.0 Å². The molecule has 0 unspecified atom stereocenters. The van der Waals surface area contributed by atoms with Crippen molar-refractivity contribution >= 4 is 34.6 Å². The Morgan fingerprint density at radius 3 is 2.65 bits per heavy atom. The van der Waals surface area contributed by atoms with Gasteiger partial charge in [-0.15, -0.1) is 0 Å². The van der Waals surface area contributed by atoms with Crippen molar-refractivity contribution < 1.29 is 9.18 Å². The van der Waals surface area contributed by atoms with Gasteiger partial charge < -0.3 is 19.5 Å². The number of carbonyl (C=O) groups excluding carboxylic acids is 1. The van der Waals surface area contributed by atoms with Crippen molar-refractivity contribution in [2.24, 2.45) is 5.73 Å². The van der Waals surface area contributed by atoms with Gasteiger partial charge in [-0.2, -0.15) is 0 Å². The van der Waals surface area contributed by atoms with Crippen molar-refractivity contribution in [1.82, 2.24) is 14.5 Å². The van der Waals surface area contributed by atoms with Crippen LogP contribution in [0.25, 0.3) is 22.2 Å². The summed E-state index contributed by atoms with van der Waals surface area (Å²) in [5, 5.41) is 0. The first-order chi connectivity index (χ1) is 14.8. The van der Waals surface area contributed by atoms with Gasteiger partial charge >= 0.3 is 0 Å². The molecule has 0 saturated heterocycles. The van der Waals surface area contributed by atoms with Crippen molar-refractivity contribution in [3.05, 3.63) is 59.7 Å². The Balaban J connectivity index is 2.27. The molecule has 8 heteroatoms. The number of nitrogens with two attached hydrogens (primary N) is 1. The fourth-order valence-electron chi connectivity index (χ4n) is 3.54. The van der Waals surface area contributed by atoms with Crippen LogP contribution in [0.4, 0.5) is 10.1 Å². The first-order valence-corrected chi connectivity index (χ1v) is 11.1. The molecule has 0 radical (unpaired) electrons. The summed E-state index contributed by atoms with van der Waals surface area (Å²) in [6.07, 6.45) is 3.38. The zero-order valence-corrected chi connectivity index (χ0v) is 19.3. The molecule has 2 heterocycles. The van der Waals surface area contributed by atoms with E-state index >= 15 is 0 Å². The van der Waals surface area contributed by atoms with Crippen molar-refractivity contribution in [3.8, 4) is 11.1 Å². The Kier molecular flexibility index (Phi) is 7.02. The van der Waals surface area contributed by atoms with Crippen LogP contribution in [0.15, 0.2) is 48.3 Å². The maximum absolute atomic E-state index is 14.4. The van der Waals surface area contributed by atoms with Gasteiger partial charge in [-0.25, -0.2) is 9.37 Å². The molecule has 31 heavy (non-hydrogen) atoms. The SMILES string of the molecule is CSN(C)c1cccc(-c2c(C)n(C/C(F)=C/CN)c3ccc(C(=O)N(C)C)nc23)c1. The lowest BCUT2D eigenvalue weighted by atomic mass is 10.0. The average molecular weight is 442 g/mol. The first kappa shape index (κ1) is 22.8. The van der Waals surface area contributed by atoms with Crippen molar-refractivity contribution in [3.63, 3.8) is 0 Å². The fourth-order valence-corrected chi connectivity index (χ4v) is 3.87. The number of benzene rings is 1. The van der Waals surface area contributed by atoms with Gasteiger partial charge in [0.15, 0.2) is 0 Å². The summed E-state index contributed by atoms with van der Waals surface area (Å²) in [7, 11) is 5.39. The van der Waals surface area contributed by atoms with E-state index in [9.17, 15) is 9.18 Å². The van der Waals surface area contributed by atoms with E-state index in [0.29, 0.717) is 11.2 Å². The number of anilines is 1. The summed E-state index contributed by atoms with van der Waals surface area (Å²) < 4.78 is 18.4. The third-order valence-electron chi connectivity index (χ3n) is 5.21. The second kappa shape index (κ2) is 9.53. The molecule has 3 aromatic rings. The Morgan fingerprint density at radius 2 is 2.00 bits per heavy atom. The molecule has 0 spiro atoms. The maximum atomic E-state index is 14.4. The summed E-state index contributed by atoms with van der Waals surface area (Å²) in [5.74, 6) is -0.485. The average Bonchev–Trinajstić information content (AvgIpc) is 3.03. The Hall–Kier alpha value is -2.84. The first-order valence-electron chi connectivity index (χ1n) is 9.92. The van der Waals surface area contributed by atoms with Crippen LogP contribution in [0, 0.1) is 6.92 Å². The van der Waals surface area contributed by atoms with Crippen LogP contribution in [0.3, 0.4) is 0 Å². The smallest absolute Gasteiger partial charge is 0.271 e. The number of amides is 1. The zero-order valence-electron chi connectivity index (χ0n) is 18.5. The lowest BCUT2D eigenvalue weighted by Crippen LogP contribution is -2.22. The summed E-state index contributed by atoms with van der Waals surface area (Å²) in [4.78, 5) is 18.7. The van der Waals surface area contributed by atoms with Crippen LogP contribution < -0.4 is 10.0 Å². The van der Waals surface area contributed by atoms with Gasteiger partial charge in [0.1, 0.15) is 11.5 Å². The van der Waals surface area contributed by atoms with Gasteiger partial charge in [0.25, 0.3) is 5.91 Å². The molecule has 0 atom stereocenters. The summed E-state index contributed by atoms with van der Waals surface area (Å²) in [5.41, 5.74) is 11.1. The number of nitrogens with zero attached hydrogens (tertiary/aromatic N) is 4. The fraction of sp³-hybridized carbons (Fsp3) is 0.304. The lowest BCUT2D eigenvalue weighted by Gasteiger charge is -2.16. The minimum Gasteiger partial charge on any atom is -0.343 e. The number of pyridine rings is 1. The molecule has 6 nitrogen and oxygen atoms in total. The molecular formula is C23H28FN5OS. The molecule has 1 aromatic carbocycles. The Bertz CT molecular complexity index is 1140. The summed E-state index contributed by atoms with van der Waals surface area (Å²) in [6, 6.07) is 11.6. The summed E-state index contributed by atoms with van der Waals surface area (Å²) in [6.45, 7) is 2.15. The number of hydrogen-bond acceptors (Lipinski definition) is 5. The highest BCUT2D eigenvalue weighted by molar-refractivity contribution is 7.99. The zero-order chi connectivity index (χ0) is 22.7. The van der Waals surface area contributed by atoms with E-state index in [1.54, 1.807) is 32.1 Å². The van der Waals surface area contributed by atoms with Crippen LogP contribution >= 0.6 is 11.9 Å². The molecule has 2 aromatic heterocycles. The normalized spacial score (nSPS) is 11.8. The highest BCUT2D eigenvalue weighted by Crippen LogP contribution is 2.36. The minimum atomic E-state index is -0.307. The molecule has 3 rings (SSSR count). The van der Waals surface area contributed by atoms with Gasteiger partial charge in [-0.05, 0) is 42.8 Å². The lowest BCUT2D eigenvalue weighted by molar-refractivity contribution is 0.0822. The molecule has 0 bridgehead atoms. The van der Waals surface area contributed by atoms with Gasteiger partial charge in [0.05, 0.1) is 17.6 Å². The van der Waals surface area contributed by atoms with Gasteiger partial charge in [0.2, 0.25) is 0 Å². The van der Waals surface area contributed by atoms with E-state index < -0.39 is 0 Å². The quantitative estimate of drug-likeness (QED) is 0.556. The largest absolute Gasteiger partial charge is 0.343 e. The van der Waals surface area contributed by atoms with Crippen LogP contribution in [-0.2, 0) is 6.54 Å². The second-order valence-corrected chi connectivity index (χ2v) is 8.34. The maximum Gasteiger partial charge on any atom is 0.271 e. The van der Waals surface area contributed by atoms with Crippen LogP contribution in [-0.4, -0.2) is 54.3 Å². The third kappa shape index (κ3) is 4.60. The molecule has 0 saturated carbocycles. The number of carbonyl (C=O) groups is 1. The molecule has 0 fully saturated rings. The minimum absolute atomic E-state index is 0.0621. The number of fused-ring (bicyclic) bond motifs is 1. The summed E-state index contributed by atoms with van der Waals surface area (Å²) >= 11 is 1.61. The van der Waals surface area contributed by atoms with Crippen LogP contribution in [0.5, 0.6) is 0 Å². The van der Waals surface area contributed by atoms with E-state index in [1.807, 2.05) is 49.1 Å².